The Morgan fingerprint density at radius 2 is 1.78 bits per heavy atom. The lowest BCUT2D eigenvalue weighted by Crippen LogP contribution is -2.52. The minimum atomic E-state index is -4.50. The summed E-state index contributed by atoms with van der Waals surface area (Å²) in [6, 6.07) is 12.0. The van der Waals surface area contributed by atoms with Gasteiger partial charge in [-0.25, -0.2) is 9.97 Å². The summed E-state index contributed by atoms with van der Waals surface area (Å²) >= 11 is 6.42. The highest BCUT2D eigenvalue weighted by atomic mass is 35.5. The molecule has 7 nitrogen and oxygen atoms in total. The molecule has 1 atom stereocenters. The lowest BCUT2D eigenvalue weighted by molar-refractivity contribution is -0.137. The molecular formula is C30H34ClF3N6O. The second-order valence-electron chi connectivity index (χ2n) is 11.6. The number of hydrogen-bond acceptors (Lipinski definition) is 6. The van der Waals surface area contributed by atoms with E-state index in [9.17, 15) is 18.3 Å². The molecule has 2 aromatic heterocycles. The van der Waals surface area contributed by atoms with Crippen molar-refractivity contribution >= 4 is 40.1 Å². The highest BCUT2D eigenvalue weighted by Crippen LogP contribution is 2.36. The number of aliphatic hydroxyl groups excluding tert-OH is 1. The van der Waals surface area contributed by atoms with Crippen LogP contribution in [0.1, 0.15) is 49.9 Å². The number of nitrogens with zero attached hydrogens (tertiary/aromatic N) is 4. The van der Waals surface area contributed by atoms with Crippen LogP contribution in [0.15, 0.2) is 48.7 Å². The van der Waals surface area contributed by atoms with Gasteiger partial charge in [0.2, 0.25) is 5.95 Å². The number of piperazine rings is 1. The maximum absolute atomic E-state index is 13.8. The van der Waals surface area contributed by atoms with Crippen LogP contribution in [-0.4, -0.2) is 45.7 Å². The van der Waals surface area contributed by atoms with Crippen LogP contribution in [-0.2, 0) is 24.7 Å². The van der Waals surface area contributed by atoms with Gasteiger partial charge in [-0.2, -0.15) is 13.2 Å². The maximum atomic E-state index is 13.8. The molecule has 1 saturated heterocycles. The molecule has 1 aliphatic heterocycles. The number of fused-ring (bicyclic) bond motifs is 1. The average molecular weight is 587 g/mol. The third-order valence-electron chi connectivity index (χ3n) is 7.46. The molecule has 2 aromatic carbocycles. The Bertz CT molecular complexity index is 1530. The van der Waals surface area contributed by atoms with Crippen molar-refractivity contribution in [3.05, 3.63) is 75.9 Å². The van der Waals surface area contributed by atoms with E-state index in [4.69, 9.17) is 16.6 Å². The second kappa shape index (κ2) is 11.1. The number of aromatic amines is 1. The summed E-state index contributed by atoms with van der Waals surface area (Å²) in [6.07, 6.45) is -2.90. The number of alkyl halides is 3. The van der Waals surface area contributed by atoms with Gasteiger partial charge in [-0.15, -0.1) is 0 Å². The van der Waals surface area contributed by atoms with E-state index in [1.807, 2.05) is 19.1 Å². The Labute approximate surface area is 242 Å². The molecule has 1 fully saturated rings. The molecule has 5 rings (SSSR count). The summed E-state index contributed by atoms with van der Waals surface area (Å²) in [5.41, 5.74) is 3.16. The highest BCUT2D eigenvalue weighted by Gasteiger charge is 2.33. The number of pyridine rings is 1. The number of halogens is 4. The summed E-state index contributed by atoms with van der Waals surface area (Å²) < 4.78 is 41.4. The van der Waals surface area contributed by atoms with E-state index < -0.39 is 11.7 Å². The van der Waals surface area contributed by atoms with Crippen molar-refractivity contribution in [2.75, 3.05) is 34.8 Å². The zero-order valence-corrected chi connectivity index (χ0v) is 24.2. The van der Waals surface area contributed by atoms with E-state index in [0.29, 0.717) is 65.3 Å². The molecule has 3 heterocycles. The number of anilines is 3. The Kier molecular flexibility index (Phi) is 7.82. The fraction of sp³-hybridized carbons (Fsp3) is 0.400. The van der Waals surface area contributed by atoms with Gasteiger partial charge in [-0.3, -0.25) is 0 Å². The van der Waals surface area contributed by atoms with Crippen molar-refractivity contribution in [3.8, 4) is 0 Å². The number of hydrogen-bond donors (Lipinski definition) is 3. The number of nitrogens with one attached hydrogen (secondary N) is 2. The van der Waals surface area contributed by atoms with Crippen LogP contribution in [0.4, 0.5) is 30.6 Å². The van der Waals surface area contributed by atoms with Gasteiger partial charge in [0.1, 0.15) is 11.3 Å². The third kappa shape index (κ3) is 6.23. The number of rotatable bonds is 6. The molecule has 0 spiro atoms. The molecule has 11 heteroatoms. The molecule has 4 aromatic rings. The van der Waals surface area contributed by atoms with Crippen LogP contribution >= 0.6 is 11.6 Å². The van der Waals surface area contributed by atoms with Crippen molar-refractivity contribution in [1.29, 1.82) is 0 Å². The monoisotopic (exact) mass is 586 g/mol. The second-order valence-corrected chi connectivity index (χ2v) is 12.0. The molecule has 0 aliphatic carbocycles. The fourth-order valence-electron chi connectivity index (χ4n) is 5.11. The minimum Gasteiger partial charge on any atom is -0.392 e. The predicted molar refractivity (Wildman–Crippen MR) is 158 cm³/mol. The van der Waals surface area contributed by atoms with Crippen molar-refractivity contribution in [1.82, 2.24) is 15.0 Å². The van der Waals surface area contributed by atoms with Crippen LogP contribution in [0, 0.1) is 0 Å². The molecule has 218 valence electrons. The zero-order valence-electron chi connectivity index (χ0n) is 23.5. The van der Waals surface area contributed by atoms with Gasteiger partial charge < -0.3 is 25.2 Å². The molecule has 0 radical (unpaired) electrons. The topological polar surface area (TPSA) is 80.3 Å². The van der Waals surface area contributed by atoms with Gasteiger partial charge in [0.25, 0.3) is 0 Å². The van der Waals surface area contributed by atoms with E-state index in [2.05, 4.69) is 58.0 Å². The van der Waals surface area contributed by atoms with Crippen molar-refractivity contribution in [2.45, 2.75) is 58.5 Å². The largest absolute Gasteiger partial charge is 0.416 e. The van der Waals surface area contributed by atoms with E-state index in [-0.39, 0.29) is 18.1 Å². The minimum absolute atomic E-state index is 0.0144. The molecule has 41 heavy (non-hydrogen) atoms. The summed E-state index contributed by atoms with van der Waals surface area (Å²) in [7, 11) is 0. The number of aromatic nitrogens is 3. The summed E-state index contributed by atoms with van der Waals surface area (Å²) in [5.74, 6) is 1.15. The van der Waals surface area contributed by atoms with Crippen molar-refractivity contribution in [3.63, 3.8) is 0 Å². The quantitative estimate of drug-likeness (QED) is 0.232. The molecule has 0 bridgehead atoms. The molecule has 0 saturated carbocycles. The number of H-pyrrole nitrogens is 1. The van der Waals surface area contributed by atoms with Crippen LogP contribution in [0.25, 0.3) is 11.0 Å². The fourth-order valence-corrected chi connectivity index (χ4v) is 5.42. The van der Waals surface area contributed by atoms with Crippen molar-refractivity contribution in [2.24, 2.45) is 0 Å². The normalized spacial score (nSPS) is 16.5. The van der Waals surface area contributed by atoms with Gasteiger partial charge in [-0.1, -0.05) is 56.6 Å². The number of aliphatic hydroxyl groups is 1. The summed E-state index contributed by atoms with van der Waals surface area (Å²) in [4.78, 5) is 16.4. The zero-order chi connectivity index (χ0) is 29.5. The van der Waals surface area contributed by atoms with E-state index >= 15 is 0 Å². The Morgan fingerprint density at radius 3 is 2.39 bits per heavy atom. The Hall–Kier alpha value is -3.50. The highest BCUT2D eigenvalue weighted by molar-refractivity contribution is 6.33. The standard InChI is InChI=1S/C30H34ClF3N6O/c1-18-16-39(27-23(31)11-20(17-41)15-36-27)9-10-40(18)28-37-25-13-22(30(32,33)34)12-24(26(25)38-28)35-14-19-5-7-21(8-6-19)29(2,3)4/h5-8,11-13,15,18,35,41H,9-10,14,16-17H2,1-4H3,(H,37,38). The van der Waals surface area contributed by atoms with E-state index in [1.54, 1.807) is 12.3 Å². The van der Waals surface area contributed by atoms with Gasteiger partial charge in [-0.05, 0) is 47.2 Å². The molecule has 3 N–H and O–H groups in total. The van der Waals surface area contributed by atoms with Crippen LogP contribution in [0.2, 0.25) is 5.02 Å². The lowest BCUT2D eigenvalue weighted by Gasteiger charge is -2.40. The average Bonchev–Trinajstić information content (AvgIpc) is 3.35. The van der Waals surface area contributed by atoms with Crippen LogP contribution in [0.3, 0.4) is 0 Å². The Morgan fingerprint density at radius 1 is 1.05 bits per heavy atom. The molecular weight excluding hydrogens is 553 g/mol. The summed E-state index contributed by atoms with van der Waals surface area (Å²) in [5, 5.41) is 13.0. The van der Waals surface area contributed by atoms with Gasteiger partial charge >= 0.3 is 6.18 Å². The smallest absolute Gasteiger partial charge is 0.392 e. The van der Waals surface area contributed by atoms with Gasteiger partial charge in [0.15, 0.2) is 0 Å². The molecule has 1 unspecified atom stereocenters. The van der Waals surface area contributed by atoms with Crippen molar-refractivity contribution < 1.29 is 18.3 Å². The molecule has 1 aliphatic rings. The van der Waals surface area contributed by atoms with Crippen LogP contribution in [0.5, 0.6) is 0 Å². The first-order valence-corrected chi connectivity index (χ1v) is 13.9. The SMILES string of the molecule is CC1CN(c2ncc(CO)cc2Cl)CCN1c1nc2c(NCc3ccc(C(C)(C)C)cc3)cc(C(F)(F)F)cc2[nH]1. The number of imidazole rings is 1. The summed E-state index contributed by atoms with van der Waals surface area (Å²) in [6.45, 7) is 10.4. The maximum Gasteiger partial charge on any atom is 0.416 e. The Balaban J connectivity index is 1.39. The van der Waals surface area contributed by atoms with E-state index in [1.165, 1.54) is 5.56 Å². The first-order valence-electron chi connectivity index (χ1n) is 13.5. The first kappa shape index (κ1) is 29.0. The predicted octanol–water partition coefficient (Wildman–Crippen LogP) is 6.75. The third-order valence-corrected chi connectivity index (χ3v) is 7.74. The first-order chi connectivity index (χ1) is 19.3. The van der Waals surface area contributed by atoms with Gasteiger partial charge in [0, 0.05) is 38.4 Å². The molecule has 0 amide bonds. The van der Waals surface area contributed by atoms with Gasteiger partial charge in [0.05, 0.1) is 28.4 Å². The number of benzene rings is 2. The van der Waals surface area contributed by atoms with E-state index in [0.717, 1.165) is 17.7 Å². The lowest BCUT2D eigenvalue weighted by atomic mass is 9.87. The van der Waals surface area contributed by atoms with Crippen LogP contribution < -0.4 is 15.1 Å².